The number of benzene rings is 1. The molecule has 0 unspecified atom stereocenters. The number of nitrogens with zero attached hydrogens (tertiary/aromatic N) is 5. The number of urea groups is 1. The van der Waals surface area contributed by atoms with Crippen LogP contribution < -0.4 is 10.2 Å². The Morgan fingerprint density at radius 2 is 1.88 bits per heavy atom. The van der Waals surface area contributed by atoms with Gasteiger partial charge in [0.1, 0.15) is 6.54 Å². The van der Waals surface area contributed by atoms with Crippen LogP contribution in [0.4, 0.5) is 10.6 Å². The van der Waals surface area contributed by atoms with Gasteiger partial charge in [-0.05, 0) is 32.4 Å². The maximum atomic E-state index is 12.9. The minimum Gasteiger partial charge on any atom is -0.353 e. The highest BCUT2D eigenvalue weighted by atomic mass is 16.2. The van der Waals surface area contributed by atoms with Crippen LogP contribution in [0.5, 0.6) is 0 Å². The lowest BCUT2D eigenvalue weighted by atomic mass is 10.1. The van der Waals surface area contributed by atoms with Gasteiger partial charge in [-0.1, -0.05) is 36.4 Å². The molecule has 8 nitrogen and oxygen atoms in total. The van der Waals surface area contributed by atoms with Gasteiger partial charge in [0.05, 0.1) is 5.69 Å². The van der Waals surface area contributed by atoms with Gasteiger partial charge in [0, 0.05) is 44.3 Å². The van der Waals surface area contributed by atoms with Crippen LogP contribution in [0.3, 0.4) is 0 Å². The van der Waals surface area contributed by atoms with Gasteiger partial charge >= 0.3 is 6.03 Å². The Labute approximate surface area is 189 Å². The third-order valence-corrected chi connectivity index (χ3v) is 5.27. The minimum absolute atomic E-state index is 0.00560. The maximum absolute atomic E-state index is 12.9. The number of anilines is 1. The van der Waals surface area contributed by atoms with Gasteiger partial charge in [-0.3, -0.25) is 4.79 Å². The van der Waals surface area contributed by atoms with Crippen LogP contribution in [0.1, 0.15) is 20.3 Å². The number of hydrogen-bond acceptors (Lipinski definition) is 5. The number of carbonyl (C=O) groups is 2. The van der Waals surface area contributed by atoms with E-state index in [1.54, 1.807) is 6.08 Å². The van der Waals surface area contributed by atoms with E-state index >= 15 is 0 Å². The first kappa shape index (κ1) is 23.2. The normalized spacial score (nSPS) is 14.1. The highest BCUT2D eigenvalue weighted by Crippen LogP contribution is 2.19. The first-order chi connectivity index (χ1) is 15.5. The Kier molecular flexibility index (Phi) is 8.19. The van der Waals surface area contributed by atoms with Crippen LogP contribution in [0.2, 0.25) is 0 Å². The van der Waals surface area contributed by atoms with E-state index in [1.165, 1.54) is 4.90 Å². The summed E-state index contributed by atoms with van der Waals surface area (Å²) in [4.78, 5) is 30.7. The molecule has 0 aliphatic carbocycles. The summed E-state index contributed by atoms with van der Waals surface area (Å²) in [7, 11) is 0. The van der Waals surface area contributed by atoms with Crippen LogP contribution >= 0.6 is 0 Å². The average molecular weight is 437 g/mol. The van der Waals surface area contributed by atoms with E-state index in [0.717, 1.165) is 30.0 Å². The third kappa shape index (κ3) is 6.29. The molecule has 0 spiro atoms. The van der Waals surface area contributed by atoms with E-state index in [1.807, 2.05) is 61.2 Å². The highest BCUT2D eigenvalue weighted by Gasteiger charge is 2.23. The molecule has 0 atom stereocenters. The molecule has 1 fully saturated rings. The Balaban J connectivity index is 1.58. The fourth-order valence-corrected chi connectivity index (χ4v) is 3.63. The summed E-state index contributed by atoms with van der Waals surface area (Å²) in [5, 5.41) is 11.6. The summed E-state index contributed by atoms with van der Waals surface area (Å²) in [6, 6.07) is 13.7. The van der Waals surface area contributed by atoms with Crippen molar-refractivity contribution in [3.63, 3.8) is 0 Å². The zero-order chi connectivity index (χ0) is 22.9. The summed E-state index contributed by atoms with van der Waals surface area (Å²) in [5.41, 5.74) is 1.87. The second-order valence-corrected chi connectivity index (χ2v) is 8.14. The fourth-order valence-electron chi connectivity index (χ4n) is 3.63. The Morgan fingerprint density at radius 3 is 2.53 bits per heavy atom. The standard InChI is InChI=1S/C24H32N6O2/c1-4-13-30(24(32)25-19(2)3)18-23(31)29-15-8-14-28(16-17-29)22-12-11-21(26-27-22)20-9-6-5-7-10-20/h4-7,9-12,19H,1,8,13-18H2,2-3H3,(H,25,32). The second kappa shape index (κ2) is 11.3. The summed E-state index contributed by atoms with van der Waals surface area (Å²) in [6.45, 7) is 10.6. The van der Waals surface area contributed by atoms with Gasteiger partial charge < -0.3 is 20.0 Å². The van der Waals surface area contributed by atoms with Crippen molar-refractivity contribution in [1.82, 2.24) is 25.3 Å². The van der Waals surface area contributed by atoms with Crippen molar-refractivity contribution in [2.24, 2.45) is 0 Å². The van der Waals surface area contributed by atoms with Gasteiger partial charge in [0.25, 0.3) is 0 Å². The number of rotatable bonds is 7. The quantitative estimate of drug-likeness (QED) is 0.675. The first-order valence-corrected chi connectivity index (χ1v) is 11.1. The summed E-state index contributed by atoms with van der Waals surface area (Å²) >= 11 is 0. The molecular formula is C24H32N6O2. The molecule has 0 radical (unpaired) electrons. The molecule has 32 heavy (non-hydrogen) atoms. The van der Waals surface area contributed by atoms with Crippen molar-refractivity contribution in [1.29, 1.82) is 0 Å². The maximum Gasteiger partial charge on any atom is 0.318 e. The molecule has 0 bridgehead atoms. The zero-order valence-corrected chi connectivity index (χ0v) is 18.9. The lowest BCUT2D eigenvalue weighted by molar-refractivity contribution is -0.131. The van der Waals surface area contributed by atoms with Crippen LogP contribution in [0.15, 0.2) is 55.1 Å². The minimum atomic E-state index is -0.251. The molecule has 3 amide bonds. The molecule has 1 saturated heterocycles. The Hall–Kier alpha value is -3.42. The van der Waals surface area contributed by atoms with Crippen LogP contribution in [-0.2, 0) is 4.79 Å². The van der Waals surface area contributed by atoms with Crippen LogP contribution in [0, 0.1) is 0 Å². The molecule has 2 aromatic rings. The monoisotopic (exact) mass is 436 g/mol. The fraction of sp³-hybridized carbons (Fsp3) is 0.417. The summed E-state index contributed by atoms with van der Waals surface area (Å²) in [5.74, 6) is 0.752. The molecule has 2 heterocycles. The lowest BCUT2D eigenvalue weighted by Gasteiger charge is -2.27. The number of nitrogens with one attached hydrogen (secondary N) is 1. The molecule has 1 aromatic heterocycles. The van der Waals surface area contributed by atoms with E-state index in [0.29, 0.717) is 26.2 Å². The molecule has 3 rings (SSSR count). The van der Waals surface area contributed by atoms with E-state index < -0.39 is 0 Å². The van der Waals surface area contributed by atoms with Crippen molar-refractivity contribution in [3.8, 4) is 11.3 Å². The average Bonchev–Trinajstić information content (AvgIpc) is 3.05. The van der Waals surface area contributed by atoms with Gasteiger partial charge in [0.15, 0.2) is 5.82 Å². The summed E-state index contributed by atoms with van der Waals surface area (Å²) in [6.07, 6.45) is 2.46. The number of carbonyl (C=O) groups excluding carboxylic acids is 2. The van der Waals surface area contributed by atoms with Crippen molar-refractivity contribution >= 4 is 17.8 Å². The lowest BCUT2D eigenvalue weighted by Crippen LogP contribution is -2.48. The van der Waals surface area contributed by atoms with Crippen molar-refractivity contribution < 1.29 is 9.59 Å². The predicted molar refractivity (Wildman–Crippen MR) is 126 cm³/mol. The van der Waals surface area contributed by atoms with Gasteiger partial charge in [-0.2, -0.15) is 0 Å². The highest BCUT2D eigenvalue weighted by molar-refractivity contribution is 5.84. The Morgan fingerprint density at radius 1 is 1.09 bits per heavy atom. The summed E-state index contributed by atoms with van der Waals surface area (Å²) < 4.78 is 0. The SMILES string of the molecule is C=CCN(CC(=O)N1CCCN(c2ccc(-c3ccccc3)nn2)CC1)C(=O)NC(C)C. The van der Waals surface area contributed by atoms with Crippen molar-refractivity contribution in [2.45, 2.75) is 26.3 Å². The molecule has 1 aromatic carbocycles. The zero-order valence-electron chi connectivity index (χ0n) is 18.9. The molecule has 1 aliphatic heterocycles. The van der Waals surface area contributed by atoms with Gasteiger partial charge in [0.2, 0.25) is 5.91 Å². The topological polar surface area (TPSA) is 81.7 Å². The molecular weight excluding hydrogens is 404 g/mol. The molecule has 8 heteroatoms. The number of hydrogen-bond donors (Lipinski definition) is 1. The molecule has 0 saturated carbocycles. The molecule has 170 valence electrons. The van der Waals surface area contributed by atoms with E-state index in [9.17, 15) is 9.59 Å². The second-order valence-electron chi connectivity index (χ2n) is 8.14. The Bertz CT molecular complexity index is 900. The first-order valence-electron chi connectivity index (χ1n) is 11.1. The van der Waals surface area contributed by atoms with Gasteiger partial charge in [-0.25, -0.2) is 4.79 Å². The van der Waals surface area contributed by atoms with E-state index in [4.69, 9.17) is 0 Å². The van der Waals surface area contributed by atoms with Crippen molar-refractivity contribution in [2.75, 3.05) is 44.2 Å². The molecule has 1 aliphatic rings. The van der Waals surface area contributed by atoms with Crippen LogP contribution in [0.25, 0.3) is 11.3 Å². The third-order valence-electron chi connectivity index (χ3n) is 5.27. The van der Waals surface area contributed by atoms with E-state index in [-0.39, 0.29) is 24.5 Å². The molecule has 1 N–H and O–H groups in total. The van der Waals surface area contributed by atoms with Crippen LogP contribution in [-0.4, -0.2) is 77.2 Å². The largest absolute Gasteiger partial charge is 0.353 e. The smallest absolute Gasteiger partial charge is 0.318 e. The van der Waals surface area contributed by atoms with Crippen molar-refractivity contribution in [3.05, 3.63) is 55.1 Å². The number of amides is 3. The van der Waals surface area contributed by atoms with Gasteiger partial charge in [-0.15, -0.1) is 16.8 Å². The number of aromatic nitrogens is 2. The van der Waals surface area contributed by atoms with E-state index in [2.05, 4.69) is 27.0 Å². The predicted octanol–water partition coefficient (Wildman–Crippen LogP) is 2.79.